The van der Waals surface area contributed by atoms with Crippen LogP contribution in [0.25, 0.3) is 21.9 Å². The number of nitrogens with one attached hydrogen (secondary N) is 1. The molecule has 0 bridgehead atoms. The Bertz CT molecular complexity index is 1110. The molecule has 0 spiro atoms. The number of hydrogen-bond donors (Lipinski definition) is 1. The van der Waals surface area contributed by atoms with E-state index in [4.69, 9.17) is 16.1 Å². The van der Waals surface area contributed by atoms with Crippen molar-refractivity contribution in [3.05, 3.63) is 53.6 Å². The Morgan fingerprint density at radius 1 is 1.08 bits per heavy atom. The highest BCUT2D eigenvalue weighted by Gasteiger charge is 2.31. The Morgan fingerprint density at radius 3 is 2.73 bits per heavy atom. The Kier molecular flexibility index (Phi) is 3.84. The van der Waals surface area contributed by atoms with E-state index in [0.29, 0.717) is 27.6 Å². The summed E-state index contributed by atoms with van der Waals surface area (Å²) < 4.78 is 45.8. The highest BCUT2D eigenvalue weighted by atomic mass is 35.5. The van der Waals surface area contributed by atoms with Gasteiger partial charge in [-0.15, -0.1) is 13.2 Å². The number of para-hydroxylation sites is 1. The first-order valence-corrected chi connectivity index (χ1v) is 7.74. The first-order chi connectivity index (χ1) is 12.4. The van der Waals surface area contributed by atoms with E-state index >= 15 is 0 Å². The SMILES string of the molecule is FC(F)(F)Oc1ccc2c(Nc3ccc4cccc(Cl)c4n3)noc2c1. The van der Waals surface area contributed by atoms with Gasteiger partial charge in [-0.1, -0.05) is 28.9 Å². The molecule has 0 aliphatic rings. The van der Waals surface area contributed by atoms with E-state index in [-0.39, 0.29) is 11.3 Å². The molecular weight excluding hydrogens is 371 g/mol. The van der Waals surface area contributed by atoms with Gasteiger partial charge in [0.15, 0.2) is 11.4 Å². The van der Waals surface area contributed by atoms with Gasteiger partial charge in [0.2, 0.25) is 0 Å². The normalized spacial score (nSPS) is 11.8. The quantitative estimate of drug-likeness (QED) is 0.497. The average molecular weight is 380 g/mol. The third kappa shape index (κ3) is 3.23. The number of fused-ring (bicyclic) bond motifs is 2. The van der Waals surface area contributed by atoms with E-state index in [9.17, 15) is 13.2 Å². The second-order valence-corrected chi connectivity index (χ2v) is 5.78. The molecule has 2 aromatic carbocycles. The van der Waals surface area contributed by atoms with E-state index in [1.54, 1.807) is 12.1 Å². The third-order valence-electron chi connectivity index (χ3n) is 3.59. The highest BCUT2D eigenvalue weighted by Crippen LogP contribution is 2.31. The van der Waals surface area contributed by atoms with Crippen molar-refractivity contribution in [2.75, 3.05) is 5.32 Å². The van der Waals surface area contributed by atoms with Crippen molar-refractivity contribution in [1.29, 1.82) is 0 Å². The predicted molar refractivity (Wildman–Crippen MR) is 90.7 cm³/mol. The molecule has 0 aliphatic carbocycles. The number of alkyl halides is 3. The van der Waals surface area contributed by atoms with Crippen LogP contribution in [0.1, 0.15) is 0 Å². The maximum Gasteiger partial charge on any atom is 0.573 e. The zero-order valence-corrected chi connectivity index (χ0v) is 13.6. The van der Waals surface area contributed by atoms with Gasteiger partial charge in [-0.05, 0) is 30.3 Å². The number of rotatable bonds is 3. The van der Waals surface area contributed by atoms with E-state index in [0.717, 1.165) is 11.5 Å². The fourth-order valence-corrected chi connectivity index (χ4v) is 2.73. The molecule has 2 heterocycles. The molecule has 5 nitrogen and oxygen atoms in total. The van der Waals surface area contributed by atoms with Crippen molar-refractivity contribution in [2.24, 2.45) is 0 Å². The maximum atomic E-state index is 12.3. The van der Waals surface area contributed by atoms with Crippen LogP contribution >= 0.6 is 11.6 Å². The Balaban J connectivity index is 1.66. The number of ether oxygens (including phenoxy) is 1. The van der Waals surface area contributed by atoms with E-state index < -0.39 is 6.36 Å². The molecule has 9 heteroatoms. The first kappa shape index (κ1) is 16.5. The van der Waals surface area contributed by atoms with Crippen LogP contribution in [0.5, 0.6) is 5.75 Å². The summed E-state index contributed by atoms with van der Waals surface area (Å²) >= 11 is 6.15. The molecule has 0 fully saturated rings. The van der Waals surface area contributed by atoms with Crippen LogP contribution in [0.3, 0.4) is 0 Å². The van der Waals surface area contributed by atoms with Gasteiger partial charge in [0.25, 0.3) is 0 Å². The van der Waals surface area contributed by atoms with E-state index in [2.05, 4.69) is 20.2 Å². The van der Waals surface area contributed by atoms with Gasteiger partial charge >= 0.3 is 6.36 Å². The van der Waals surface area contributed by atoms with Crippen molar-refractivity contribution < 1.29 is 22.4 Å². The molecule has 0 saturated carbocycles. The number of benzene rings is 2. The van der Waals surface area contributed by atoms with Gasteiger partial charge in [0.05, 0.1) is 15.9 Å². The van der Waals surface area contributed by atoms with Crippen molar-refractivity contribution in [1.82, 2.24) is 10.1 Å². The van der Waals surface area contributed by atoms with Crippen LogP contribution in [0.4, 0.5) is 24.8 Å². The molecule has 0 aliphatic heterocycles. The van der Waals surface area contributed by atoms with Crippen LogP contribution in [-0.2, 0) is 0 Å². The minimum atomic E-state index is -4.77. The van der Waals surface area contributed by atoms with Crippen LogP contribution in [-0.4, -0.2) is 16.5 Å². The monoisotopic (exact) mass is 379 g/mol. The summed E-state index contributed by atoms with van der Waals surface area (Å²) in [6, 6.07) is 12.7. The molecule has 2 aromatic heterocycles. The van der Waals surface area contributed by atoms with Crippen molar-refractivity contribution in [3.63, 3.8) is 0 Å². The van der Waals surface area contributed by atoms with Gasteiger partial charge < -0.3 is 14.6 Å². The summed E-state index contributed by atoms with van der Waals surface area (Å²) in [4.78, 5) is 4.42. The molecule has 4 aromatic rings. The maximum absolute atomic E-state index is 12.3. The molecule has 0 amide bonds. The fourth-order valence-electron chi connectivity index (χ4n) is 2.51. The van der Waals surface area contributed by atoms with E-state index in [1.165, 1.54) is 12.1 Å². The standard InChI is InChI=1S/C17H9ClF3N3O2/c18-12-3-1-2-9-4-7-14(22-15(9)12)23-16-11-6-5-10(25-17(19,20)21)8-13(11)26-24-16/h1-8H,(H,22,23,24). The Morgan fingerprint density at radius 2 is 1.92 bits per heavy atom. The number of anilines is 2. The minimum Gasteiger partial charge on any atom is -0.406 e. The molecular formula is C17H9ClF3N3O2. The zero-order chi connectivity index (χ0) is 18.3. The minimum absolute atomic E-state index is 0.146. The predicted octanol–water partition coefficient (Wildman–Crippen LogP) is 5.67. The summed E-state index contributed by atoms with van der Waals surface area (Å²) in [6.07, 6.45) is -4.77. The summed E-state index contributed by atoms with van der Waals surface area (Å²) in [5.41, 5.74) is 0.765. The van der Waals surface area contributed by atoms with Gasteiger partial charge in [0.1, 0.15) is 11.6 Å². The molecule has 0 saturated heterocycles. The van der Waals surface area contributed by atoms with Gasteiger partial charge in [-0.3, -0.25) is 0 Å². The summed E-state index contributed by atoms with van der Waals surface area (Å²) in [5, 5.41) is 8.68. The second kappa shape index (κ2) is 6.06. The molecule has 4 rings (SSSR count). The lowest BCUT2D eigenvalue weighted by molar-refractivity contribution is -0.274. The Hall–Kier alpha value is -3.00. The topological polar surface area (TPSA) is 60.2 Å². The Labute approximate surface area is 149 Å². The smallest absolute Gasteiger partial charge is 0.406 e. The van der Waals surface area contributed by atoms with Crippen LogP contribution in [0.15, 0.2) is 53.1 Å². The number of pyridine rings is 1. The number of halogens is 4. The highest BCUT2D eigenvalue weighted by molar-refractivity contribution is 6.35. The van der Waals surface area contributed by atoms with Gasteiger partial charge in [-0.2, -0.15) is 0 Å². The van der Waals surface area contributed by atoms with Crippen molar-refractivity contribution in [3.8, 4) is 5.75 Å². The molecule has 0 unspecified atom stereocenters. The number of nitrogens with zero attached hydrogens (tertiary/aromatic N) is 2. The second-order valence-electron chi connectivity index (χ2n) is 5.37. The fraction of sp³-hybridized carbons (Fsp3) is 0.0588. The summed E-state index contributed by atoms with van der Waals surface area (Å²) in [6.45, 7) is 0. The lowest BCUT2D eigenvalue weighted by atomic mass is 10.2. The first-order valence-electron chi connectivity index (χ1n) is 7.36. The van der Waals surface area contributed by atoms with Crippen LogP contribution in [0.2, 0.25) is 5.02 Å². The van der Waals surface area contributed by atoms with E-state index in [1.807, 2.05) is 18.2 Å². The average Bonchev–Trinajstić information content (AvgIpc) is 2.96. The number of aromatic nitrogens is 2. The van der Waals surface area contributed by atoms with Crippen LogP contribution in [0, 0.1) is 0 Å². The molecule has 0 radical (unpaired) electrons. The summed E-state index contributed by atoms with van der Waals surface area (Å²) in [5.74, 6) is 0.400. The number of hydrogen-bond acceptors (Lipinski definition) is 5. The van der Waals surface area contributed by atoms with Gasteiger partial charge in [0, 0.05) is 11.5 Å². The third-order valence-corrected chi connectivity index (χ3v) is 3.90. The molecule has 132 valence electrons. The summed E-state index contributed by atoms with van der Waals surface area (Å²) in [7, 11) is 0. The molecule has 0 atom stereocenters. The van der Waals surface area contributed by atoms with Crippen molar-refractivity contribution in [2.45, 2.75) is 6.36 Å². The molecule has 1 N–H and O–H groups in total. The largest absolute Gasteiger partial charge is 0.573 e. The lowest BCUT2D eigenvalue weighted by Crippen LogP contribution is -2.16. The zero-order valence-electron chi connectivity index (χ0n) is 12.8. The van der Waals surface area contributed by atoms with Crippen molar-refractivity contribution >= 4 is 45.1 Å². The molecule has 26 heavy (non-hydrogen) atoms. The lowest BCUT2D eigenvalue weighted by Gasteiger charge is -2.08. The van der Waals surface area contributed by atoms with Crippen LogP contribution < -0.4 is 10.1 Å². The van der Waals surface area contributed by atoms with Gasteiger partial charge in [-0.25, -0.2) is 4.98 Å².